The first kappa shape index (κ1) is 20.3. The van der Waals surface area contributed by atoms with Gasteiger partial charge in [0.15, 0.2) is 17.6 Å². The smallest absolute Gasteiger partial charge is 0.342 e. The third-order valence-electron chi connectivity index (χ3n) is 4.22. The van der Waals surface area contributed by atoms with Crippen molar-refractivity contribution in [2.45, 2.75) is 26.4 Å². The Morgan fingerprint density at radius 3 is 2.04 bits per heavy atom. The molecular weight excluding hydrogens is 348 g/mol. The average molecular weight is 372 g/mol. The molecule has 0 saturated carbocycles. The Kier molecular flexibility index (Phi) is 6.82. The molecule has 0 aliphatic carbocycles. The molecule has 0 bridgehead atoms. The Morgan fingerprint density at radius 2 is 1.52 bits per heavy atom. The molecule has 6 nitrogen and oxygen atoms in total. The molecule has 0 aliphatic heterocycles. The fraction of sp³-hybridized carbons (Fsp3) is 0.333. The molecule has 2 rings (SSSR count). The van der Waals surface area contributed by atoms with Crippen molar-refractivity contribution in [1.29, 1.82) is 0 Å². The van der Waals surface area contributed by atoms with Crippen molar-refractivity contribution in [3.63, 3.8) is 0 Å². The highest BCUT2D eigenvalue weighted by atomic mass is 16.6. The van der Waals surface area contributed by atoms with E-state index in [1.165, 1.54) is 27.4 Å². The van der Waals surface area contributed by atoms with Gasteiger partial charge in [0.25, 0.3) is 0 Å². The van der Waals surface area contributed by atoms with Crippen molar-refractivity contribution >= 4 is 11.8 Å². The maximum Gasteiger partial charge on any atom is 0.342 e. The molecule has 6 heteroatoms. The molecule has 144 valence electrons. The van der Waals surface area contributed by atoms with E-state index in [9.17, 15) is 9.59 Å². The number of Topliss-reactive ketones (excluding diaryl/α,β-unsaturated/α-hetero) is 1. The molecule has 0 aliphatic rings. The van der Waals surface area contributed by atoms with Crippen molar-refractivity contribution in [3.8, 4) is 17.2 Å². The first-order valence-electron chi connectivity index (χ1n) is 8.59. The molecule has 0 amide bonds. The zero-order valence-corrected chi connectivity index (χ0v) is 16.2. The molecule has 2 aromatic carbocycles. The second-order valence-electron chi connectivity index (χ2n) is 5.84. The molecule has 0 spiro atoms. The summed E-state index contributed by atoms with van der Waals surface area (Å²) in [6.07, 6.45) is -0.0549. The standard InChI is InChI=1S/C21H24O6/c1-6-14-7-9-15(10-8-14)18(22)13(2)27-21(23)16-11-12-17(24-3)20(26-5)19(16)25-4/h7-13H,6H2,1-5H3. The number of carbonyl (C=O) groups excluding carboxylic acids is 2. The summed E-state index contributed by atoms with van der Waals surface area (Å²) >= 11 is 0. The molecule has 1 atom stereocenters. The summed E-state index contributed by atoms with van der Waals surface area (Å²) in [7, 11) is 4.35. The van der Waals surface area contributed by atoms with E-state index in [0.717, 1.165) is 12.0 Å². The van der Waals surface area contributed by atoms with E-state index in [1.807, 2.05) is 19.1 Å². The molecule has 27 heavy (non-hydrogen) atoms. The van der Waals surface area contributed by atoms with Crippen LogP contribution >= 0.6 is 0 Å². The summed E-state index contributed by atoms with van der Waals surface area (Å²) in [5.41, 5.74) is 1.77. The second-order valence-corrected chi connectivity index (χ2v) is 5.84. The molecule has 0 N–H and O–H groups in total. The number of benzene rings is 2. The van der Waals surface area contributed by atoms with Gasteiger partial charge in [-0.1, -0.05) is 31.2 Å². The zero-order valence-electron chi connectivity index (χ0n) is 16.2. The Morgan fingerprint density at radius 1 is 0.889 bits per heavy atom. The van der Waals surface area contributed by atoms with Gasteiger partial charge in [0.05, 0.1) is 21.3 Å². The number of esters is 1. The van der Waals surface area contributed by atoms with Gasteiger partial charge in [-0.3, -0.25) is 4.79 Å². The largest absolute Gasteiger partial charge is 0.493 e. The Hall–Kier alpha value is -3.02. The molecule has 0 radical (unpaired) electrons. The van der Waals surface area contributed by atoms with E-state index in [-0.39, 0.29) is 22.8 Å². The number of rotatable bonds is 8. The topological polar surface area (TPSA) is 71.1 Å². The summed E-state index contributed by atoms with van der Waals surface area (Å²) < 4.78 is 21.1. The van der Waals surface area contributed by atoms with Gasteiger partial charge in [-0.25, -0.2) is 4.79 Å². The van der Waals surface area contributed by atoms with Gasteiger partial charge in [0.1, 0.15) is 5.56 Å². The van der Waals surface area contributed by atoms with Crippen LogP contribution in [0, 0.1) is 0 Å². The lowest BCUT2D eigenvalue weighted by Crippen LogP contribution is -2.24. The summed E-state index contributed by atoms with van der Waals surface area (Å²) in [5, 5.41) is 0. The monoisotopic (exact) mass is 372 g/mol. The van der Waals surface area contributed by atoms with E-state index >= 15 is 0 Å². The van der Waals surface area contributed by atoms with Crippen molar-refractivity contribution in [3.05, 3.63) is 53.1 Å². The zero-order chi connectivity index (χ0) is 20.0. The van der Waals surface area contributed by atoms with Crippen LogP contribution in [0.1, 0.15) is 40.1 Å². The fourth-order valence-corrected chi connectivity index (χ4v) is 2.68. The molecular formula is C21H24O6. The van der Waals surface area contributed by atoms with Gasteiger partial charge in [-0.15, -0.1) is 0 Å². The first-order valence-corrected chi connectivity index (χ1v) is 8.59. The summed E-state index contributed by atoms with van der Waals surface area (Å²) in [6, 6.07) is 10.3. The highest BCUT2D eigenvalue weighted by Gasteiger charge is 2.25. The van der Waals surface area contributed by atoms with Crippen molar-refractivity contribution in [1.82, 2.24) is 0 Å². The van der Waals surface area contributed by atoms with Crippen LogP contribution in [-0.2, 0) is 11.2 Å². The lowest BCUT2D eigenvalue weighted by atomic mass is 10.0. The molecule has 0 saturated heterocycles. The minimum Gasteiger partial charge on any atom is -0.493 e. The normalized spacial score (nSPS) is 11.4. The lowest BCUT2D eigenvalue weighted by Gasteiger charge is -2.17. The van der Waals surface area contributed by atoms with Crippen molar-refractivity contribution in [2.24, 2.45) is 0 Å². The fourth-order valence-electron chi connectivity index (χ4n) is 2.68. The van der Waals surface area contributed by atoms with Gasteiger partial charge in [-0.2, -0.15) is 0 Å². The van der Waals surface area contributed by atoms with Gasteiger partial charge < -0.3 is 18.9 Å². The average Bonchev–Trinajstić information content (AvgIpc) is 2.71. The summed E-state index contributed by atoms with van der Waals surface area (Å²) in [6.45, 7) is 3.58. The predicted octanol–water partition coefficient (Wildman–Crippen LogP) is 3.70. The summed E-state index contributed by atoms with van der Waals surface area (Å²) in [4.78, 5) is 25.1. The third kappa shape index (κ3) is 4.39. The predicted molar refractivity (Wildman–Crippen MR) is 101 cm³/mol. The SMILES string of the molecule is CCc1ccc(C(=O)C(C)OC(=O)c2ccc(OC)c(OC)c2OC)cc1. The van der Waals surface area contributed by atoms with E-state index < -0.39 is 12.1 Å². The van der Waals surface area contributed by atoms with Crippen LogP contribution in [0.5, 0.6) is 17.2 Å². The number of carbonyl (C=O) groups is 2. The number of ether oxygens (including phenoxy) is 4. The Balaban J connectivity index is 2.21. The number of aryl methyl sites for hydroxylation is 1. The quantitative estimate of drug-likeness (QED) is 0.520. The number of hydrogen-bond acceptors (Lipinski definition) is 6. The molecule has 1 unspecified atom stereocenters. The number of ketones is 1. The third-order valence-corrected chi connectivity index (χ3v) is 4.22. The molecule has 2 aromatic rings. The highest BCUT2D eigenvalue weighted by molar-refractivity contribution is 6.02. The maximum absolute atomic E-state index is 12.6. The van der Waals surface area contributed by atoms with Crippen molar-refractivity contribution in [2.75, 3.05) is 21.3 Å². The van der Waals surface area contributed by atoms with Crippen LogP contribution in [0.2, 0.25) is 0 Å². The number of methoxy groups -OCH3 is 3. The van der Waals surface area contributed by atoms with E-state index in [0.29, 0.717) is 11.3 Å². The Bertz CT molecular complexity index is 810. The van der Waals surface area contributed by atoms with E-state index in [4.69, 9.17) is 18.9 Å². The highest BCUT2D eigenvalue weighted by Crippen LogP contribution is 2.40. The van der Waals surface area contributed by atoms with Crippen LogP contribution in [0.4, 0.5) is 0 Å². The number of hydrogen-bond donors (Lipinski definition) is 0. The van der Waals surface area contributed by atoms with Gasteiger partial charge in [0, 0.05) is 5.56 Å². The van der Waals surface area contributed by atoms with Crippen LogP contribution < -0.4 is 14.2 Å². The first-order chi connectivity index (χ1) is 13.0. The van der Waals surface area contributed by atoms with Crippen LogP contribution in [0.15, 0.2) is 36.4 Å². The van der Waals surface area contributed by atoms with Crippen LogP contribution in [-0.4, -0.2) is 39.2 Å². The van der Waals surface area contributed by atoms with Gasteiger partial charge in [0.2, 0.25) is 11.5 Å². The summed E-state index contributed by atoms with van der Waals surface area (Å²) in [5.74, 6) is -0.0623. The van der Waals surface area contributed by atoms with Crippen molar-refractivity contribution < 1.29 is 28.5 Å². The minimum atomic E-state index is -0.942. The van der Waals surface area contributed by atoms with Crippen LogP contribution in [0.3, 0.4) is 0 Å². The molecule has 0 heterocycles. The van der Waals surface area contributed by atoms with Crippen LogP contribution in [0.25, 0.3) is 0 Å². The van der Waals surface area contributed by atoms with Gasteiger partial charge >= 0.3 is 5.97 Å². The second kappa shape index (κ2) is 9.07. The lowest BCUT2D eigenvalue weighted by molar-refractivity contribution is 0.0315. The minimum absolute atomic E-state index is 0.149. The van der Waals surface area contributed by atoms with E-state index in [2.05, 4.69) is 0 Å². The molecule has 0 fully saturated rings. The van der Waals surface area contributed by atoms with E-state index in [1.54, 1.807) is 25.1 Å². The van der Waals surface area contributed by atoms with Gasteiger partial charge in [-0.05, 0) is 31.0 Å². The Labute approximate surface area is 159 Å². The molecule has 0 aromatic heterocycles. The maximum atomic E-state index is 12.6.